The molecule has 1 atom stereocenters. The van der Waals surface area contributed by atoms with E-state index in [-0.39, 0.29) is 18.0 Å². The molecule has 5 rings (SSSR count). The van der Waals surface area contributed by atoms with Crippen molar-refractivity contribution >= 4 is 5.91 Å². The molecule has 3 aromatic rings. The van der Waals surface area contributed by atoms with Crippen LogP contribution in [0.5, 0.6) is 5.75 Å². The average Bonchev–Trinajstić information content (AvgIpc) is 3.38. The summed E-state index contributed by atoms with van der Waals surface area (Å²) in [6.07, 6.45) is 6.74. The maximum absolute atomic E-state index is 13.6. The number of amides is 1. The van der Waals surface area contributed by atoms with E-state index in [1.807, 2.05) is 12.1 Å². The van der Waals surface area contributed by atoms with Gasteiger partial charge in [-0.2, -0.15) is 5.10 Å². The van der Waals surface area contributed by atoms with Gasteiger partial charge in [-0.25, -0.2) is 0 Å². The number of aromatic nitrogens is 2. The van der Waals surface area contributed by atoms with Crippen LogP contribution in [0.1, 0.15) is 78.7 Å². The van der Waals surface area contributed by atoms with Crippen LogP contribution in [0.3, 0.4) is 0 Å². The summed E-state index contributed by atoms with van der Waals surface area (Å²) in [6.45, 7) is 4.89. The molecule has 1 aliphatic carbocycles. The Hall–Kier alpha value is -3.08. The van der Waals surface area contributed by atoms with Gasteiger partial charge in [0, 0.05) is 17.2 Å². The highest BCUT2D eigenvalue weighted by molar-refractivity contribution is 6.00. The molecule has 2 aromatic carbocycles. The molecule has 5 heteroatoms. The number of nitrogens with one attached hydrogen (secondary N) is 1. The molecule has 166 valence electrons. The van der Waals surface area contributed by atoms with Gasteiger partial charge in [0.05, 0.1) is 18.3 Å². The lowest BCUT2D eigenvalue weighted by Gasteiger charge is -2.36. The standard InChI is InChI=1S/C27H31N3O2/c1-3-17-32-22-15-13-20(14-16-22)26-23-24(19-11-9-18(2)10-12-19)28-29-25(23)27(31)30(26)21-7-5-4-6-8-21/h9-16,21,26H,3-8,17H2,1-2H3,(H,28,29). The van der Waals surface area contributed by atoms with Crippen LogP contribution in [-0.2, 0) is 0 Å². The molecule has 5 nitrogen and oxygen atoms in total. The minimum Gasteiger partial charge on any atom is -0.494 e. The predicted octanol–water partition coefficient (Wildman–Crippen LogP) is 6.05. The van der Waals surface area contributed by atoms with Crippen molar-refractivity contribution in [3.8, 4) is 17.0 Å². The van der Waals surface area contributed by atoms with Gasteiger partial charge in [0.2, 0.25) is 0 Å². The minimum absolute atomic E-state index is 0.0778. The van der Waals surface area contributed by atoms with Crippen molar-refractivity contribution in [1.82, 2.24) is 15.1 Å². The second-order valence-corrected chi connectivity index (χ2v) is 9.05. The van der Waals surface area contributed by atoms with Crippen LogP contribution in [0.25, 0.3) is 11.3 Å². The van der Waals surface area contributed by atoms with Gasteiger partial charge in [-0.15, -0.1) is 0 Å². The number of benzene rings is 2. The first kappa shape index (κ1) is 20.8. The van der Waals surface area contributed by atoms with Crippen LogP contribution < -0.4 is 4.74 Å². The van der Waals surface area contributed by atoms with Crippen LogP contribution in [0.15, 0.2) is 48.5 Å². The predicted molar refractivity (Wildman–Crippen MR) is 126 cm³/mol. The molecule has 0 spiro atoms. The maximum atomic E-state index is 13.6. The summed E-state index contributed by atoms with van der Waals surface area (Å²) in [4.78, 5) is 15.7. The number of nitrogens with zero attached hydrogens (tertiary/aromatic N) is 2. The van der Waals surface area contributed by atoms with Crippen molar-refractivity contribution in [2.75, 3.05) is 6.61 Å². The number of fused-ring (bicyclic) bond motifs is 1. The normalized spacial score (nSPS) is 18.8. The molecular weight excluding hydrogens is 398 g/mol. The summed E-state index contributed by atoms with van der Waals surface area (Å²) in [6, 6.07) is 16.8. The third-order valence-electron chi connectivity index (χ3n) is 6.77. The van der Waals surface area contributed by atoms with Crippen molar-refractivity contribution in [2.24, 2.45) is 0 Å². The molecule has 32 heavy (non-hydrogen) atoms. The van der Waals surface area contributed by atoms with E-state index in [0.29, 0.717) is 12.3 Å². The molecule has 1 aromatic heterocycles. The van der Waals surface area contributed by atoms with Crippen molar-refractivity contribution in [2.45, 2.75) is 64.5 Å². The molecule has 1 saturated carbocycles. The Labute approximate surface area is 189 Å². The fourth-order valence-corrected chi connectivity index (χ4v) is 5.13. The zero-order valence-electron chi connectivity index (χ0n) is 18.9. The van der Waals surface area contributed by atoms with Crippen LogP contribution in [-0.4, -0.2) is 33.7 Å². The summed E-state index contributed by atoms with van der Waals surface area (Å²) in [7, 11) is 0. The number of hydrogen-bond acceptors (Lipinski definition) is 3. The van der Waals surface area contributed by atoms with E-state index < -0.39 is 0 Å². The van der Waals surface area contributed by atoms with Crippen molar-refractivity contribution in [3.05, 3.63) is 70.9 Å². The van der Waals surface area contributed by atoms with Gasteiger partial charge in [0.25, 0.3) is 5.91 Å². The number of hydrogen-bond donors (Lipinski definition) is 1. The number of aryl methyl sites for hydroxylation is 1. The third kappa shape index (κ3) is 3.70. The Kier molecular flexibility index (Phi) is 5.73. The first-order valence-electron chi connectivity index (χ1n) is 11.9. The largest absolute Gasteiger partial charge is 0.494 e. The van der Waals surface area contributed by atoms with Crippen molar-refractivity contribution < 1.29 is 9.53 Å². The molecule has 2 heterocycles. The molecule has 1 aliphatic heterocycles. The van der Waals surface area contributed by atoms with Gasteiger partial charge in [-0.05, 0) is 43.9 Å². The molecule has 1 amide bonds. The van der Waals surface area contributed by atoms with E-state index in [9.17, 15) is 4.79 Å². The monoisotopic (exact) mass is 429 g/mol. The number of carbonyl (C=O) groups excluding carboxylic acids is 1. The van der Waals surface area contributed by atoms with Crippen LogP contribution in [0.4, 0.5) is 0 Å². The lowest BCUT2D eigenvalue weighted by molar-refractivity contribution is 0.0606. The van der Waals surface area contributed by atoms with Crippen LogP contribution in [0, 0.1) is 6.92 Å². The lowest BCUT2D eigenvalue weighted by Crippen LogP contribution is -2.40. The van der Waals surface area contributed by atoms with E-state index in [4.69, 9.17) is 4.74 Å². The number of carbonyl (C=O) groups is 1. The number of rotatable bonds is 6. The summed E-state index contributed by atoms with van der Waals surface area (Å²) in [5, 5.41) is 7.70. The van der Waals surface area contributed by atoms with Gasteiger partial charge in [0.1, 0.15) is 11.4 Å². The summed E-state index contributed by atoms with van der Waals surface area (Å²) in [5.41, 5.74) is 5.89. The van der Waals surface area contributed by atoms with E-state index in [2.05, 4.69) is 65.3 Å². The van der Waals surface area contributed by atoms with Crippen LogP contribution >= 0.6 is 0 Å². The number of aromatic amines is 1. The highest BCUT2D eigenvalue weighted by Gasteiger charge is 2.45. The zero-order chi connectivity index (χ0) is 22.1. The Morgan fingerprint density at radius 3 is 2.44 bits per heavy atom. The summed E-state index contributed by atoms with van der Waals surface area (Å²) >= 11 is 0. The van der Waals surface area contributed by atoms with Gasteiger partial charge >= 0.3 is 0 Å². The van der Waals surface area contributed by atoms with Gasteiger partial charge in [-0.3, -0.25) is 9.89 Å². The molecule has 0 radical (unpaired) electrons. The molecule has 0 bridgehead atoms. The first-order chi connectivity index (χ1) is 15.7. The number of H-pyrrole nitrogens is 1. The SMILES string of the molecule is CCCOc1ccc(C2c3c(-c4ccc(C)cc4)n[nH]c3C(=O)N2C2CCCCC2)cc1. The highest BCUT2D eigenvalue weighted by atomic mass is 16.5. The molecular formula is C27H31N3O2. The van der Waals surface area contributed by atoms with E-state index in [1.54, 1.807) is 0 Å². The van der Waals surface area contributed by atoms with Gasteiger partial charge < -0.3 is 9.64 Å². The van der Waals surface area contributed by atoms with E-state index in [1.165, 1.54) is 24.8 Å². The topological polar surface area (TPSA) is 58.2 Å². The second-order valence-electron chi connectivity index (χ2n) is 9.05. The van der Waals surface area contributed by atoms with Crippen molar-refractivity contribution in [3.63, 3.8) is 0 Å². The summed E-state index contributed by atoms with van der Waals surface area (Å²) in [5.74, 6) is 0.949. The molecule has 2 aliphatic rings. The Morgan fingerprint density at radius 2 is 1.75 bits per heavy atom. The number of ether oxygens (including phenoxy) is 1. The highest BCUT2D eigenvalue weighted by Crippen LogP contribution is 2.45. The maximum Gasteiger partial charge on any atom is 0.273 e. The van der Waals surface area contributed by atoms with E-state index in [0.717, 1.165) is 47.4 Å². The summed E-state index contributed by atoms with van der Waals surface area (Å²) < 4.78 is 5.80. The average molecular weight is 430 g/mol. The molecule has 0 saturated heterocycles. The minimum atomic E-state index is -0.129. The Balaban J connectivity index is 1.58. The van der Waals surface area contributed by atoms with Crippen molar-refractivity contribution in [1.29, 1.82) is 0 Å². The molecule has 1 fully saturated rings. The lowest BCUT2D eigenvalue weighted by atomic mass is 9.91. The quantitative estimate of drug-likeness (QED) is 0.519. The van der Waals surface area contributed by atoms with Crippen LogP contribution in [0.2, 0.25) is 0 Å². The smallest absolute Gasteiger partial charge is 0.273 e. The van der Waals surface area contributed by atoms with E-state index >= 15 is 0 Å². The first-order valence-corrected chi connectivity index (χ1v) is 11.9. The van der Waals surface area contributed by atoms with Gasteiger partial charge in [-0.1, -0.05) is 68.1 Å². The third-order valence-corrected chi connectivity index (χ3v) is 6.77. The second kappa shape index (κ2) is 8.81. The fourth-order valence-electron chi connectivity index (χ4n) is 5.13. The Morgan fingerprint density at radius 1 is 1.03 bits per heavy atom. The molecule has 1 N–H and O–H groups in total. The fraction of sp³-hybridized carbons (Fsp3) is 0.407. The van der Waals surface area contributed by atoms with Gasteiger partial charge in [0.15, 0.2) is 0 Å². The Bertz CT molecular complexity index is 1080. The molecule has 1 unspecified atom stereocenters. The zero-order valence-corrected chi connectivity index (χ0v) is 18.9.